The topological polar surface area (TPSA) is 57.0 Å². The number of halogens is 3. The lowest BCUT2D eigenvalue weighted by Crippen LogP contribution is -2.18. The van der Waals surface area contributed by atoms with E-state index in [4.69, 9.17) is 4.74 Å². The molecule has 140 valence electrons. The van der Waals surface area contributed by atoms with Gasteiger partial charge >= 0.3 is 6.18 Å². The molecule has 0 radical (unpaired) electrons. The SMILES string of the molecule is O=C(CSc1nncn1CC(F)(F)F)c1ccc(Oc2ccccc2)cc1. The molecule has 5 nitrogen and oxygen atoms in total. The van der Waals surface area contributed by atoms with Crippen LogP contribution >= 0.6 is 11.8 Å². The lowest BCUT2D eigenvalue weighted by Gasteiger charge is -2.09. The van der Waals surface area contributed by atoms with Crippen LogP contribution in [-0.2, 0) is 6.54 Å². The van der Waals surface area contributed by atoms with Gasteiger partial charge in [-0.15, -0.1) is 10.2 Å². The number of Topliss-reactive ketones (excluding diaryl/α,β-unsaturated/α-hetero) is 1. The summed E-state index contributed by atoms with van der Waals surface area (Å²) < 4.78 is 44.0. The minimum atomic E-state index is -4.38. The highest BCUT2D eigenvalue weighted by Crippen LogP contribution is 2.24. The molecule has 0 atom stereocenters. The monoisotopic (exact) mass is 393 g/mol. The Labute approximate surface area is 157 Å². The summed E-state index contributed by atoms with van der Waals surface area (Å²) in [6.07, 6.45) is -3.38. The van der Waals surface area contributed by atoms with Gasteiger partial charge in [0.1, 0.15) is 24.4 Å². The molecular weight excluding hydrogens is 379 g/mol. The van der Waals surface area contributed by atoms with Crippen LogP contribution in [0, 0.1) is 0 Å². The lowest BCUT2D eigenvalue weighted by molar-refractivity contribution is -0.142. The van der Waals surface area contributed by atoms with E-state index in [0.717, 1.165) is 22.7 Å². The summed E-state index contributed by atoms with van der Waals surface area (Å²) >= 11 is 0.913. The summed E-state index contributed by atoms with van der Waals surface area (Å²) in [5.41, 5.74) is 0.435. The largest absolute Gasteiger partial charge is 0.457 e. The lowest BCUT2D eigenvalue weighted by atomic mass is 10.1. The van der Waals surface area contributed by atoms with Crippen LogP contribution in [0.2, 0.25) is 0 Å². The second-order valence-corrected chi connectivity index (χ2v) is 6.45. The third-order valence-electron chi connectivity index (χ3n) is 3.42. The van der Waals surface area contributed by atoms with Crippen LogP contribution in [0.1, 0.15) is 10.4 Å². The van der Waals surface area contributed by atoms with Gasteiger partial charge in [0, 0.05) is 5.56 Å². The molecular formula is C18H14F3N3O2S. The Morgan fingerprint density at radius 1 is 1.04 bits per heavy atom. The molecule has 2 aromatic carbocycles. The van der Waals surface area contributed by atoms with Gasteiger partial charge in [0.2, 0.25) is 0 Å². The normalized spacial score (nSPS) is 11.4. The Morgan fingerprint density at radius 3 is 2.37 bits per heavy atom. The number of para-hydroxylation sites is 1. The first-order chi connectivity index (χ1) is 12.9. The van der Waals surface area contributed by atoms with Crippen molar-refractivity contribution in [2.75, 3.05) is 5.75 Å². The number of benzene rings is 2. The Kier molecular flexibility index (Phi) is 5.80. The number of carbonyl (C=O) groups excluding carboxylic acids is 1. The maximum absolute atomic E-state index is 12.5. The van der Waals surface area contributed by atoms with E-state index in [-0.39, 0.29) is 16.7 Å². The van der Waals surface area contributed by atoms with E-state index in [1.807, 2.05) is 30.3 Å². The summed E-state index contributed by atoms with van der Waals surface area (Å²) in [7, 11) is 0. The Morgan fingerprint density at radius 2 is 1.70 bits per heavy atom. The maximum atomic E-state index is 12.5. The van der Waals surface area contributed by atoms with Crippen LogP contribution in [-0.4, -0.2) is 32.5 Å². The number of aromatic nitrogens is 3. The highest BCUT2D eigenvalue weighted by Gasteiger charge is 2.29. The van der Waals surface area contributed by atoms with Crippen molar-refractivity contribution < 1.29 is 22.7 Å². The fourth-order valence-corrected chi connectivity index (χ4v) is 3.01. The molecule has 0 spiro atoms. The minimum Gasteiger partial charge on any atom is -0.457 e. The molecule has 0 aliphatic heterocycles. The van der Waals surface area contributed by atoms with E-state index in [9.17, 15) is 18.0 Å². The minimum absolute atomic E-state index is 0.0460. The molecule has 0 saturated carbocycles. The smallest absolute Gasteiger partial charge is 0.406 e. The summed E-state index contributed by atoms with van der Waals surface area (Å²) in [5, 5.41) is 7.15. The fourth-order valence-electron chi connectivity index (χ4n) is 2.20. The molecule has 1 aromatic heterocycles. The van der Waals surface area contributed by atoms with E-state index in [1.165, 1.54) is 0 Å². The first-order valence-corrected chi connectivity index (χ1v) is 8.83. The summed E-state index contributed by atoms with van der Waals surface area (Å²) in [4.78, 5) is 12.3. The molecule has 9 heteroatoms. The van der Waals surface area contributed by atoms with Crippen molar-refractivity contribution in [1.82, 2.24) is 14.8 Å². The van der Waals surface area contributed by atoms with Crippen LogP contribution in [0.5, 0.6) is 11.5 Å². The standard InChI is InChI=1S/C18H14F3N3O2S/c19-18(20,21)11-24-12-22-23-17(24)27-10-16(25)13-6-8-15(9-7-13)26-14-4-2-1-3-5-14/h1-9,12H,10-11H2. The Balaban J connectivity index is 1.58. The van der Waals surface area contributed by atoms with E-state index < -0.39 is 12.7 Å². The number of carbonyl (C=O) groups is 1. The quantitative estimate of drug-likeness (QED) is 0.433. The van der Waals surface area contributed by atoms with Crippen molar-refractivity contribution in [3.63, 3.8) is 0 Å². The van der Waals surface area contributed by atoms with Crippen molar-refractivity contribution in [3.8, 4) is 11.5 Å². The summed E-state index contributed by atoms with van der Waals surface area (Å²) in [6, 6.07) is 15.8. The Bertz CT molecular complexity index is 896. The van der Waals surface area contributed by atoms with Crippen molar-refractivity contribution in [2.24, 2.45) is 0 Å². The molecule has 1 heterocycles. The number of thioether (sulfide) groups is 1. The number of hydrogen-bond acceptors (Lipinski definition) is 5. The molecule has 0 N–H and O–H groups in total. The van der Waals surface area contributed by atoms with Crippen molar-refractivity contribution >= 4 is 17.5 Å². The second kappa shape index (κ2) is 8.26. The molecule has 27 heavy (non-hydrogen) atoms. The predicted octanol–water partition coefficient (Wildman–Crippen LogP) is 4.61. The zero-order valence-corrected chi connectivity index (χ0v) is 14.7. The van der Waals surface area contributed by atoms with Crippen molar-refractivity contribution in [2.45, 2.75) is 17.9 Å². The van der Waals surface area contributed by atoms with Gasteiger partial charge in [-0.1, -0.05) is 30.0 Å². The molecule has 0 aliphatic carbocycles. The van der Waals surface area contributed by atoms with Gasteiger partial charge in [-0.3, -0.25) is 9.36 Å². The highest BCUT2D eigenvalue weighted by atomic mass is 32.2. The predicted molar refractivity (Wildman–Crippen MR) is 94.1 cm³/mol. The van der Waals surface area contributed by atoms with E-state index in [2.05, 4.69) is 10.2 Å². The summed E-state index contributed by atoms with van der Waals surface area (Å²) in [6.45, 7) is -1.19. The number of rotatable bonds is 7. The van der Waals surface area contributed by atoms with Crippen LogP contribution in [0.3, 0.4) is 0 Å². The zero-order chi connectivity index (χ0) is 19.3. The van der Waals surface area contributed by atoms with Crippen LogP contribution in [0.15, 0.2) is 66.1 Å². The van der Waals surface area contributed by atoms with Gasteiger partial charge in [0.15, 0.2) is 10.9 Å². The average molecular weight is 393 g/mol. The molecule has 0 unspecified atom stereocenters. The first kappa shape index (κ1) is 19.0. The number of ether oxygens (including phenoxy) is 1. The highest BCUT2D eigenvalue weighted by molar-refractivity contribution is 7.99. The molecule has 0 amide bonds. The number of hydrogen-bond donors (Lipinski definition) is 0. The zero-order valence-electron chi connectivity index (χ0n) is 13.9. The van der Waals surface area contributed by atoms with Gasteiger partial charge < -0.3 is 4.74 Å². The molecule has 0 fully saturated rings. The van der Waals surface area contributed by atoms with Gasteiger partial charge in [0.05, 0.1) is 5.75 Å². The van der Waals surface area contributed by atoms with Gasteiger partial charge in [-0.05, 0) is 36.4 Å². The van der Waals surface area contributed by atoms with Gasteiger partial charge in [0.25, 0.3) is 0 Å². The number of nitrogens with zero attached hydrogens (tertiary/aromatic N) is 3. The molecule has 0 bridgehead atoms. The van der Waals surface area contributed by atoms with Gasteiger partial charge in [-0.2, -0.15) is 13.2 Å². The average Bonchev–Trinajstić information content (AvgIpc) is 3.06. The second-order valence-electron chi connectivity index (χ2n) is 5.51. The number of alkyl halides is 3. The Hall–Kier alpha value is -2.81. The van der Waals surface area contributed by atoms with Crippen LogP contribution in [0.4, 0.5) is 13.2 Å². The molecule has 0 saturated heterocycles. The first-order valence-electron chi connectivity index (χ1n) is 7.84. The molecule has 3 aromatic rings. The third-order valence-corrected chi connectivity index (χ3v) is 4.40. The van der Waals surface area contributed by atoms with Gasteiger partial charge in [-0.25, -0.2) is 0 Å². The van der Waals surface area contributed by atoms with E-state index in [0.29, 0.717) is 17.1 Å². The van der Waals surface area contributed by atoms with Crippen molar-refractivity contribution in [3.05, 3.63) is 66.5 Å². The summed E-state index contributed by atoms with van der Waals surface area (Å²) in [5.74, 6) is 0.981. The van der Waals surface area contributed by atoms with Crippen molar-refractivity contribution in [1.29, 1.82) is 0 Å². The maximum Gasteiger partial charge on any atom is 0.406 e. The van der Waals surface area contributed by atoms with E-state index in [1.54, 1.807) is 24.3 Å². The number of ketones is 1. The van der Waals surface area contributed by atoms with Crippen LogP contribution < -0.4 is 4.74 Å². The third kappa shape index (κ3) is 5.58. The van der Waals surface area contributed by atoms with E-state index >= 15 is 0 Å². The molecule has 0 aliphatic rings. The molecule has 3 rings (SSSR count). The fraction of sp³-hybridized carbons (Fsp3) is 0.167. The van der Waals surface area contributed by atoms with Crippen LogP contribution in [0.25, 0.3) is 0 Å².